The van der Waals surface area contributed by atoms with Gasteiger partial charge in [-0.15, -0.1) is 0 Å². The molecular weight excluding hydrogens is 432 g/mol. The van der Waals surface area contributed by atoms with Crippen LogP contribution >= 0.6 is 0 Å². The molecule has 3 aromatic rings. The summed E-state index contributed by atoms with van der Waals surface area (Å²) in [6, 6.07) is 25.8. The topological polar surface area (TPSA) is 95.9 Å². The van der Waals surface area contributed by atoms with E-state index in [1.54, 1.807) is 86.6 Å². The van der Waals surface area contributed by atoms with Gasteiger partial charge in [0.15, 0.2) is 0 Å². The van der Waals surface area contributed by atoms with Gasteiger partial charge >= 0.3 is 11.9 Å². The first kappa shape index (κ1) is 22.9. The van der Waals surface area contributed by atoms with E-state index in [9.17, 15) is 19.5 Å². The number of ketones is 1. The van der Waals surface area contributed by atoms with E-state index >= 15 is 0 Å². The average molecular weight is 456 g/mol. The summed E-state index contributed by atoms with van der Waals surface area (Å²) in [5.74, 6) is -3.16. The highest BCUT2D eigenvalue weighted by Gasteiger charge is 2.62. The lowest BCUT2D eigenvalue weighted by Crippen LogP contribution is -2.55. The Morgan fingerprint density at radius 2 is 1.41 bits per heavy atom. The number of rotatable bonds is 6. The summed E-state index contributed by atoms with van der Waals surface area (Å²) in [6.45, 7) is 3.24. The molecule has 1 atom stereocenters. The Morgan fingerprint density at radius 1 is 0.882 bits per heavy atom. The molecule has 0 aromatic heterocycles. The summed E-state index contributed by atoms with van der Waals surface area (Å²) in [5, 5.41) is 15.1. The molecular formula is C27H24N2O5. The van der Waals surface area contributed by atoms with Crippen molar-refractivity contribution < 1.29 is 24.2 Å². The minimum absolute atomic E-state index is 0.131. The van der Waals surface area contributed by atoms with Gasteiger partial charge in [0.1, 0.15) is 0 Å². The maximum absolute atomic E-state index is 13.4. The highest BCUT2D eigenvalue weighted by atomic mass is 16.6. The summed E-state index contributed by atoms with van der Waals surface area (Å²) in [4.78, 5) is 40.9. The van der Waals surface area contributed by atoms with E-state index in [0.29, 0.717) is 11.3 Å². The highest BCUT2D eigenvalue weighted by molar-refractivity contribution is 6.54. The van der Waals surface area contributed by atoms with Crippen molar-refractivity contribution >= 4 is 34.7 Å². The van der Waals surface area contributed by atoms with Crippen molar-refractivity contribution in [3.8, 4) is 0 Å². The summed E-state index contributed by atoms with van der Waals surface area (Å²) in [6.07, 6.45) is -0.594. The van der Waals surface area contributed by atoms with Crippen molar-refractivity contribution in [3.63, 3.8) is 0 Å². The number of hydrogen-bond acceptors (Lipinski definition) is 6. The van der Waals surface area contributed by atoms with Crippen LogP contribution in [0.1, 0.15) is 19.4 Å². The van der Waals surface area contributed by atoms with Gasteiger partial charge in [-0.3, -0.25) is 14.5 Å². The van der Waals surface area contributed by atoms with Crippen molar-refractivity contribution in [2.45, 2.75) is 25.7 Å². The minimum atomic E-state index is -2.69. The predicted octanol–water partition coefficient (Wildman–Crippen LogP) is 3.77. The first-order valence-electron chi connectivity index (χ1n) is 10.8. The van der Waals surface area contributed by atoms with Gasteiger partial charge < -0.3 is 15.2 Å². The lowest BCUT2D eigenvalue weighted by atomic mass is 9.95. The summed E-state index contributed by atoms with van der Waals surface area (Å²) >= 11 is 0. The number of aliphatic hydroxyl groups is 1. The molecule has 1 fully saturated rings. The fourth-order valence-corrected chi connectivity index (χ4v) is 3.83. The molecule has 4 rings (SSSR count). The largest absolute Gasteiger partial charge is 0.459 e. The fraction of sp³-hybridized carbons (Fsp3) is 0.148. The second-order valence-corrected chi connectivity index (χ2v) is 8.04. The van der Waals surface area contributed by atoms with Crippen LogP contribution in [0.4, 0.5) is 11.4 Å². The zero-order chi connectivity index (χ0) is 24.3. The number of para-hydroxylation sites is 2. The van der Waals surface area contributed by atoms with Crippen LogP contribution < -0.4 is 10.2 Å². The average Bonchev–Trinajstić information content (AvgIpc) is 3.05. The van der Waals surface area contributed by atoms with Crippen LogP contribution in [-0.4, -0.2) is 34.6 Å². The molecule has 1 amide bonds. The van der Waals surface area contributed by atoms with Gasteiger partial charge in [0, 0.05) is 11.4 Å². The molecule has 0 radical (unpaired) electrons. The van der Waals surface area contributed by atoms with Crippen molar-refractivity contribution in [2.75, 3.05) is 10.2 Å². The Morgan fingerprint density at radius 3 is 1.97 bits per heavy atom. The summed E-state index contributed by atoms with van der Waals surface area (Å²) in [7, 11) is 0. The molecule has 0 saturated carbocycles. The van der Waals surface area contributed by atoms with E-state index in [-0.39, 0.29) is 11.4 Å². The third-order valence-corrected chi connectivity index (χ3v) is 5.29. The molecule has 172 valence electrons. The number of carbonyl (C=O) groups excluding carboxylic acids is 3. The fourth-order valence-electron chi connectivity index (χ4n) is 3.83. The van der Waals surface area contributed by atoms with Crippen LogP contribution in [0.2, 0.25) is 0 Å². The van der Waals surface area contributed by atoms with E-state index in [2.05, 4.69) is 5.32 Å². The smallest absolute Gasteiger partial charge is 0.365 e. The molecule has 0 aliphatic carbocycles. The van der Waals surface area contributed by atoms with E-state index in [1.807, 2.05) is 6.07 Å². The molecule has 1 heterocycles. The second kappa shape index (κ2) is 9.33. The van der Waals surface area contributed by atoms with Gasteiger partial charge in [-0.25, -0.2) is 4.79 Å². The van der Waals surface area contributed by atoms with Crippen molar-refractivity contribution in [1.29, 1.82) is 0 Å². The monoisotopic (exact) mass is 456 g/mol. The molecule has 0 spiro atoms. The first-order chi connectivity index (χ1) is 16.3. The normalized spacial score (nSPS) is 19.4. The molecule has 7 heteroatoms. The van der Waals surface area contributed by atoms with Crippen molar-refractivity contribution in [2.24, 2.45) is 0 Å². The number of hydrogen-bond donors (Lipinski definition) is 2. The Hall–Kier alpha value is -4.23. The summed E-state index contributed by atoms with van der Waals surface area (Å²) in [5.41, 5.74) is -1.66. The van der Waals surface area contributed by atoms with Crippen LogP contribution in [0.3, 0.4) is 0 Å². The zero-order valence-electron chi connectivity index (χ0n) is 18.8. The molecule has 1 aliphatic rings. The third-order valence-electron chi connectivity index (χ3n) is 5.29. The molecule has 34 heavy (non-hydrogen) atoms. The number of esters is 1. The number of nitrogens with zero attached hydrogens (tertiary/aromatic N) is 1. The van der Waals surface area contributed by atoms with E-state index < -0.39 is 35.1 Å². The predicted molar refractivity (Wildman–Crippen MR) is 129 cm³/mol. The Balaban J connectivity index is 2.01. The van der Waals surface area contributed by atoms with Gasteiger partial charge in [0.25, 0.3) is 11.5 Å². The number of nitrogens with one attached hydrogen (secondary N) is 1. The summed E-state index contributed by atoms with van der Waals surface area (Å²) < 4.78 is 5.36. The number of ether oxygens (including phenoxy) is 1. The lowest BCUT2D eigenvalue weighted by molar-refractivity contribution is -0.165. The number of anilines is 2. The minimum Gasteiger partial charge on any atom is -0.459 e. The van der Waals surface area contributed by atoms with Gasteiger partial charge in [-0.1, -0.05) is 66.7 Å². The SMILES string of the molecule is CC(C)OC(=O)C1(O)/C(=C(/Nc2ccccc2)c2ccccc2)C(=O)C(=O)N1c1ccccc1. The maximum atomic E-state index is 13.4. The van der Waals surface area contributed by atoms with Gasteiger partial charge in [-0.05, 0) is 43.7 Å². The molecule has 3 aromatic carbocycles. The standard InChI is InChI=1S/C27H24N2O5/c1-18(2)34-26(32)27(33)22(24(30)25(31)29(27)21-16-10-5-11-17-21)23(19-12-6-3-7-13-19)28-20-14-8-4-9-15-20/h3-18,28,33H,1-2H3/b23-22+. The van der Waals surface area contributed by atoms with Crippen molar-refractivity contribution in [1.82, 2.24) is 0 Å². The van der Waals surface area contributed by atoms with Crippen LogP contribution in [0.25, 0.3) is 5.70 Å². The zero-order valence-corrected chi connectivity index (χ0v) is 18.8. The van der Waals surface area contributed by atoms with Crippen LogP contribution in [0.5, 0.6) is 0 Å². The number of carbonyl (C=O) groups is 3. The van der Waals surface area contributed by atoms with Crippen LogP contribution in [0.15, 0.2) is 96.6 Å². The Bertz CT molecular complexity index is 1240. The van der Waals surface area contributed by atoms with Crippen LogP contribution in [0, 0.1) is 0 Å². The third kappa shape index (κ3) is 4.09. The van der Waals surface area contributed by atoms with Gasteiger partial charge in [0.05, 0.1) is 17.4 Å². The molecule has 1 saturated heterocycles. The van der Waals surface area contributed by atoms with Crippen LogP contribution in [-0.2, 0) is 19.1 Å². The van der Waals surface area contributed by atoms with E-state index in [0.717, 1.165) is 4.90 Å². The Labute approximate surface area is 197 Å². The highest BCUT2D eigenvalue weighted by Crippen LogP contribution is 2.41. The van der Waals surface area contributed by atoms with E-state index in [4.69, 9.17) is 4.74 Å². The van der Waals surface area contributed by atoms with Gasteiger partial charge in [-0.2, -0.15) is 0 Å². The molecule has 0 bridgehead atoms. The molecule has 7 nitrogen and oxygen atoms in total. The van der Waals surface area contributed by atoms with Gasteiger partial charge in [0.2, 0.25) is 0 Å². The first-order valence-corrected chi connectivity index (χ1v) is 10.8. The molecule has 1 unspecified atom stereocenters. The molecule has 1 aliphatic heterocycles. The number of Topliss-reactive ketones (excluding diaryl/α,β-unsaturated/α-hetero) is 1. The molecule has 2 N–H and O–H groups in total. The lowest BCUT2D eigenvalue weighted by Gasteiger charge is -2.32. The van der Waals surface area contributed by atoms with E-state index in [1.165, 1.54) is 12.1 Å². The quantitative estimate of drug-likeness (QED) is 0.333. The second-order valence-electron chi connectivity index (χ2n) is 8.04. The number of amides is 1. The maximum Gasteiger partial charge on any atom is 0.365 e. The Kier molecular flexibility index (Phi) is 6.30. The number of benzene rings is 3. The van der Waals surface area contributed by atoms with Crippen molar-refractivity contribution in [3.05, 3.63) is 102 Å².